The first kappa shape index (κ1) is 21.4. The maximum atomic E-state index is 12.6. The highest BCUT2D eigenvalue weighted by atomic mass is 32.2. The van der Waals surface area contributed by atoms with Crippen LogP contribution < -0.4 is 19.5 Å². The zero-order valence-electron chi connectivity index (χ0n) is 14.8. The van der Waals surface area contributed by atoms with E-state index in [0.29, 0.717) is 5.75 Å². The van der Waals surface area contributed by atoms with Gasteiger partial charge in [0.05, 0.1) is 31.2 Å². The second-order valence-electron chi connectivity index (χ2n) is 5.54. The third kappa shape index (κ3) is 5.78. The first-order valence-electron chi connectivity index (χ1n) is 7.74. The van der Waals surface area contributed by atoms with Gasteiger partial charge >= 0.3 is 6.18 Å². The van der Waals surface area contributed by atoms with E-state index in [2.05, 4.69) is 5.32 Å². The lowest BCUT2D eigenvalue weighted by molar-refractivity contribution is -0.106. The first-order valence-corrected chi connectivity index (χ1v) is 9.39. The smallest absolute Gasteiger partial charge is 0.404 e. The standard InChI is InChI=1S/C17H17F3N2O5S/c1-26-11-7-8-14(15(9-11)27-2)21-16(23)12-5-3-4-6-13(12)22-28(24,25)10-17(18,19)20/h3-9,22H,10H2,1-2H3,(H,21,23). The van der Waals surface area contributed by atoms with Gasteiger partial charge in [0.15, 0.2) is 5.75 Å². The molecule has 152 valence electrons. The fourth-order valence-corrected chi connectivity index (χ4v) is 3.30. The third-order valence-corrected chi connectivity index (χ3v) is 4.69. The number of carbonyl (C=O) groups is 1. The molecule has 7 nitrogen and oxygen atoms in total. The van der Waals surface area contributed by atoms with Gasteiger partial charge in [-0.25, -0.2) is 8.42 Å². The number of methoxy groups -OCH3 is 2. The van der Waals surface area contributed by atoms with Crippen LogP contribution in [0, 0.1) is 0 Å². The average molecular weight is 418 g/mol. The van der Waals surface area contributed by atoms with Gasteiger partial charge in [0.1, 0.15) is 11.5 Å². The molecule has 0 fully saturated rings. The largest absolute Gasteiger partial charge is 0.497 e. The van der Waals surface area contributed by atoms with Gasteiger partial charge in [0.25, 0.3) is 5.91 Å². The minimum Gasteiger partial charge on any atom is -0.497 e. The molecule has 2 N–H and O–H groups in total. The first-order chi connectivity index (χ1) is 13.0. The summed E-state index contributed by atoms with van der Waals surface area (Å²) in [5, 5.41) is 2.53. The second kappa shape index (κ2) is 8.38. The van der Waals surface area contributed by atoms with Crippen LogP contribution in [-0.4, -0.2) is 40.5 Å². The van der Waals surface area contributed by atoms with Gasteiger partial charge in [-0.1, -0.05) is 12.1 Å². The minimum absolute atomic E-state index is 0.161. The molecule has 2 aromatic rings. The van der Waals surface area contributed by atoms with E-state index in [-0.39, 0.29) is 22.7 Å². The number of carbonyl (C=O) groups excluding carboxylic acids is 1. The fourth-order valence-electron chi connectivity index (χ4n) is 2.28. The quantitative estimate of drug-likeness (QED) is 0.720. The van der Waals surface area contributed by atoms with E-state index in [1.807, 2.05) is 0 Å². The number of sulfonamides is 1. The molecule has 2 rings (SSSR count). The van der Waals surface area contributed by atoms with E-state index in [9.17, 15) is 26.4 Å². The average Bonchev–Trinajstić information content (AvgIpc) is 2.59. The molecule has 11 heteroatoms. The Hall–Kier alpha value is -2.95. The molecule has 1 amide bonds. The molecule has 28 heavy (non-hydrogen) atoms. The van der Waals surface area contributed by atoms with Crippen molar-refractivity contribution in [2.75, 3.05) is 30.0 Å². The van der Waals surface area contributed by atoms with Crippen LogP contribution in [0.3, 0.4) is 0 Å². The predicted octanol–water partition coefficient (Wildman–Crippen LogP) is 3.26. The molecular weight excluding hydrogens is 401 g/mol. The van der Waals surface area contributed by atoms with Gasteiger partial charge in [-0.3, -0.25) is 9.52 Å². The Morgan fingerprint density at radius 1 is 1.04 bits per heavy atom. The molecule has 0 radical (unpaired) electrons. The highest BCUT2D eigenvalue weighted by molar-refractivity contribution is 7.92. The summed E-state index contributed by atoms with van der Waals surface area (Å²) in [6.07, 6.45) is -4.92. The zero-order valence-corrected chi connectivity index (χ0v) is 15.6. The number of halogens is 3. The summed E-state index contributed by atoms with van der Waals surface area (Å²) >= 11 is 0. The lowest BCUT2D eigenvalue weighted by Crippen LogP contribution is -2.28. The van der Waals surface area contributed by atoms with E-state index < -0.39 is 27.9 Å². The van der Waals surface area contributed by atoms with Crippen molar-refractivity contribution in [2.45, 2.75) is 6.18 Å². The lowest BCUT2D eigenvalue weighted by Gasteiger charge is -2.15. The minimum atomic E-state index is -4.92. The molecule has 0 bridgehead atoms. The Morgan fingerprint density at radius 2 is 1.71 bits per heavy atom. The number of hydrogen-bond acceptors (Lipinski definition) is 5. The molecule has 0 spiro atoms. The topological polar surface area (TPSA) is 93.7 Å². The lowest BCUT2D eigenvalue weighted by atomic mass is 10.1. The van der Waals surface area contributed by atoms with Gasteiger partial charge in [-0.2, -0.15) is 13.2 Å². The monoisotopic (exact) mass is 418 g/mol. The maximum absolute atomic E-state index is 12.6. The number of alkyl halides is 3. The Labute approximate surface area is 159 Å². The third-order valence-electron chi connectivity index (χ3n) is 3.45. The normalized spacial score (nSPS) is 11.6. The van der Waals surface area contributed by atoms with Crippen LogP contribution in [0.2, 0.25) is 0 Å². The Balaban J connectivity index is 2.28. The summed E-state index contributed by atoms with van der Waals surface area (Å²) < 4.78 is 72.7. The molecular formula is C17H17F3N2O5S. The number of anilines is 2. The Kier molecular flexibility index (Phi) is 6.39. The summed E-state index contributed by atoms with van der Waals surface area (Å²) in [5.74, 6) is -2.05. The number of para-hydroxylation sites is 1. The zero-order chi connectivity index (χ0) is 20.9. The van der Waals surface area contributed by atoms with Gasteiger partial charge in [-0.15, -0.1) is 0 Å². The van der Waals surface area contributed by atoms with Crippen molar-refractivity contribution in [1.82, 2.24) is 0 Å². The number of nitrogens with one attached hydrogen (secondary N) is 2. The van der Waals surface area contributed by atoms with Gasteiger partial charge in [-0.05, 0) is 24.3 Å². The maximum Gasteiger partial charge on any atom is 0.404 e. The molecule has 0 unspecified atom stereocenters. The number of rotatable bonds is 7. The number of amides is 1. The molecule has 0 aliphatic heterocycles. The van der Waals surface area contributed by atoms with E-state index in [1.165, 1.54) is 50.6 Å². The molecule has 0 aliphatic carbocycles. The van der Waals surface area contributed by atoms with Crippen molar-refractivity contribution in [3.63, 3.8) is 0 Å². The number of benzene rings is 2. The fraction of sp³-hybridized carbons (Fsp3) is 0.235. The van der Waals surface area contributed by atoms with Crippen molar-refractivity contribution in [2.24, 2.45) is 0 Å². The van der Waals surface area contributed by atoms with Crippen molar-refractivity contribution >= 4 is 27.3 Å². The van der Waals surface area contributed by atoms with Crippen molar-refractivity contribution < 1.29 is 35.9 Å². The molecule has 0 aliphatic rings. The summed E-state index contributed by atoms with van der Waals surface area (Å²) in [6, 6.07) is 9.89. The van der Waals surface area contributed by atoms with Crippen LogP contribution in [0.5, 0.6) is 11.5 Å². The molecule has 2 aromatic carbocycles. The van der Waals surface area contributed by atoms with Crippen LogP contribution in [-0.2, 0) is 10.0 Å². The summed E-state index contributed by atoms with van der Waals surface area (Å²) in [6.45, 7) is 0. The van der Waals surface area contributed by atoms with Crippen LogP contribution in [0.15, 0.2) is 42.5 Å². The molecule has 0 heterocycles. The number of ether oxygens (including phenoxy) is 2. The molecule has 0 atom stereocenters. The SMILES string of the molecule is COc1ccc(NC(=O)c2ccccc2NS(=O)(=O)CC(F)(F)F)c(OC)c1. The predicted molar refractivity (Wildman–Crippen MR) is 97.4 cm³/mol. The van der Waals surface area contributed by atoms with Crippen molar-refractivity contribution in [1.29, 1.82) is 0 Å². The van der Waals surface area contributed by atoms with Crippen molar-refractivity contribution in [3.8, 4) is 11.5 Å². The Morgan fingerprint density at radius 3 is 2.32 bits per heavy atom. The van der Waals surface area contributed by atoms with Crippen LogP contribution in [0.4, 0.5) is 24.5 Å². The van der Waals surface area contributed by atoms with E-state index in [1.54, 1.807) is 10.8 Å². The second-order valence-corrected chi connectivity index (χ2v) is 7.26. The Bertz CT molecular complexity index is 962. The van der Waals surface area contributed by atoms with E-state index in [4.69, 9.17) is 9.47 Å². The van der Waals surface area contributed by atoms with Gasteiger partial charge in [0.2, 0.25) is 10.0 Å². The molecule has 0 aromatic heterocycles. The van der Waals surface area contributed by atoms with Crippen LogP contribution in [0.25, 0.3) is 0 Å². The molecule has 0 saturated carbocycles. The van der Waals surface area contributed by atoms with Crippen molar-refractivity contribution in [3.05, 3.63) is 48.0 Å². The summed E-state index contributed by atoms with van der Waals surface area (Å²) in [4.78, 5) is 12.6. The van der Waals surface area contributed by atoms with Crippen LogP contribution in [0.1, 0.15) is 10.4 Å². The molecule has 0 saturated heterocycles. The van der Waals surface area contributed by atoms with Gasteiger partial charge in [0, 0.05) is 6.07 Å². The van der Waals surface area contributed by atoms with Gasteiger partial charge < -0.3 is 14.8 Å². The number of hydrogen-bond donors (Lipinski definition) is 2. The van der Waals surface area contributed by atoms with Crippen LogP contribution >= 0.6 is 0 Å². The van der Waals surface area contributed by atoms with E-state index in [0.717, 1.165) is 0 Å². The summed E-state index contributed by atoms with van der Waals surface area (Å²) in [7, 11) is -1.91. The van der Waals surface area contributed by atoms with E-state index >= 15 is 0 Å². The highest BCUT2D eigenvalue weighted by Crippen LogP contribution is 2.30. The summed E-state index contributed by atoms with van der Waals surface area (Å²) in [5.41, 5.74) is -0.177. The highest BCUT2D eigenvalue weighted by Gasteiger charge is 2.35.